The first-order valence-electron chi connectivity index (χ1n) is 7.92. The molecule has 0 bridgehead atoms. The lowest BCUT2D eigenvalue weighted by atomic mass is 9.89. The number of nitrogens with zero attached hydrogens (tertiary/aromatic N) is 1. The van der Waals surface area contributed by atoms with Gasteiger partial charge in [-0.05, 0) is 60.7 Å². The van der Waals surface area contributed by atoms with Gasteiger partial charge in [0.1, 0.15) is 0 Å². The largest absolute Gasteiger partial charge is 0.478 e. The van der Waals surface area contributed by atoms with Crippen LogP contribution in [0.25, 0.3) is 0 Å². The molecule has 0 saturated carbocycles. The van der Waals surface area contributed by atoms with Crippen LogP contribution in [0.1, 0.15) is 45.0 Å². The van der Waals surface area contributed by atoms with Crippen molar-refractivity contribution in [2.75, 3.05) is 13.1 Å². The highest BCUT2D eigenvalue weighted by Crippen LogP contribution is 2.29. The Balaban J connectivity index is 1.62. The number of carbonyl (C=O) groups excluding carboxylic acids is 1. The van der Waals surface area contributed by atoms with Crippen molar-refractivity contribution < 1.29 is 14.7 Å². The number of halogens is 1. The molecule has 0 unspecified atom stereocenters. The molecule has 0 spiro atoms. The number of benzene rings is 2. The Morgan fingerprint density at radius 1 is 0.917 bits per heavy atom. The van der Waals surface area contributed by atoms with Gasteiger partial charge in [-0.2, -0.15) is 0 Å². The van der Waals surface area contributed by atoms with Crippen molar-refractivity contribution in [3.05, 3.63) is 70.2 Å². The summed E-state index contributed by atoms with van der Waals surface area (Å²) < 4.78 is 0. The van der Waals surface area contributed by atoms with E-state index in [4.69, 9.17) is 16.7 Å². The topological polar surface area (TPSA) is 57.6 Å². The van der Waals surface area contributed by atoms with Gasteiger partial charge in [0.25, 0.3) is 5.91 Å². The predicted octanol–water partition coefficient (Wildman–Crippen LogP) is 4.06. The summed E-state index contributed by atoms with van der Waals surface area (Å²) >= 11 is 5.92. The van der Waals surface area contributed by atoms with Crippen LogP contribution < -0.4 is 0 Å². The highest BCUT2D eigenvalue weighted by Gasteiger charge is 2.24. The zero-order valence-electron chi connectivity index (χ0n) is 13.1. The number of carboxylic acid groups (broad SMARTS) is 1. The standard InChI is InChI=1S/C19H18ClNO3/c20-17-7-5-13(6-8-17)14-9-11-21(12-10-14)18(22)15-1-3-16(4-2-15)19(23)24/h1-8,14H,9-12H2,(H,23,24). The SMILES string of the molecule is O=C(O)c1ccc(C(=O)N2CCC(c3ccc(Cl)cc3)CC2)cc1. The molecule has 0 aliphatic carbocycles. The Kier molecular flexibility index (Phi) is 4.86. The van der Waals surface area contributed by atoms with E-state index in [-0.39, 0.29) is 11.5 Å². The van der Waals surface area contributed by atoms with Crippen molar-refractivity contribution in [3.63, 3.8) is 0 Å². The van der Waals surface area contributed by atoms with Gasteiger partial charge in [-0.25, -0.2) is 4.79 Å². The van der Waals surface area contributed by atoms with Crippen molar-refractivity contribution in [2.45, 2.75) is 18.8 Å². The average molecular weight is 344 g/mol. The summed E-state index contributed by atoms with van der Waals surface area (Å²) in [5.74, 6) is -0.583. The van der Waals surface area contributed by atoms with Crippen molar-refractivity contribution in [2.24, 2.45) is 0 Å². The first-order chi connectivity index (χ1) is 11.5. The zero-order chi connectivity index (χ0) is 17.1. The van der Waals surface area contributed by atoms with Gasteiger partial charge >= 0.3 is 5.97 Å². The Hall–Kier alpha value is -2.33. The number of carboxylic acids is 1. The molecule has 1 heterocycles. The van der Waals surface area contributed by atoms with Crippen molar-refractivity contribution >= 4 is 23.5 Å². The van der Waals surface area contributed by atoms with E-state index in [1.54, 1.807) is 12.1 Å². The van der Waals surface area contributed by atoms with Crippen LogP contribution >= 0.6 is 11.6 Å². The number of hydrogen-bond donors (Lipinski definition) is 1. The van der Waals surface area contributed by atoms with Gasteiger partial charge in [-0.15, -0.1) is 0 Å². The van der Waals surface area contributed by atoms with Gasteiger partial charge in [-0.1, -0.05) is 23.7 Å². The fourth-order valence-electron chi connectivity index (χ4n) is 3.09. The maximum Gasteiger partial charge on any atom is 0.335 e. The molecule has 3 rings (SSSR count). The summed E-state index contributed by atoms with van der Waals surface area (Å²) in [6.45, 7) is 1.40. The molecule has 0 aromatic heterocycles. The number of rotatable bonds is 3. The van der Waals surface area contributed by atoms with E-state index in [9.17, 15) is 9.59 Å². The molecule has 2 aromatic carbocycles. The van der Waals surface area contributed by atoms with Gasteiger partial charge < -0.3 is 10.0 Å². The molecular weight excluding hydrogens is 326 g/mol. The second kappa shape index (κ2) is 7.05. The van der Waals surface area contributed by atoms with Crippen LogP contribution in [0.5, 0.6) is 0 Å². The third-order valence-corrected chi connectivity index (χ3v) is 4.75. The van der Waals surface area contributed by atoms with E-state index < -0.39 is 5.97 Å². The fraction of sp³-hybridized carbons (Fsp3) is 0.263. The molecule has 5 heteroatoms. The lowest BCUT2D eigenvalue weighted by Crippen LogP contribution is -2.37. The average Bonchev–Trinajstić information content (AvgIpc) is 2.62. The molecule has 24 heavy (non-hydrogen) atoms. The normalized spacial score (nSPS) is 15.3. The summed E-state index contributed by atoms with van der Waals surface area (Å²) in [5, 5.41) is 9.65. The monoisotopic (exact) mass is 343 g/mol. The third kappa shape index (κ3) is 3.60. The number of carbonyl (C=O) groups is 2. The minimum atomic E-state index is -0.988. The fourth-order valence-corrected chi connectivity index (χ4v) is 3.21. The molecule has 1 amide bonds. The summed E-state index contributed by atoms with van der Waals surface area (Å²) in [5.41, 5.74) is 1.98. The van der Waals surface area contributed by atoms with Crippen LogP contribution in [0, 0.1) is 0 Å². The third-order valence-electron chi connectivity index (χ3n) is 4.50. The first kappa shape index (κ1) is 16.5. The summed E-state index contributed by atoms with van der Waals surface area (Å²) in [6, 6.07) is 14.0. The number of amides is 1. The number of piperidine rings is 1. The molecule has 2 aromatic rings. The van der Waals surface area contributed by atoms with Gasteiger partial charge in [-0.3, -0.25) is 4.79 Å². The maximum absolute atomic E-state index is 12.5. The van der Waals surface area contributed by atoms with Gasteiger partial charge in [0, 0.05) is 23.7 Å². The number of aromatic carboxylic acids is 1. The molecule has 1 aliphatic rings. The van der Waals surface area contributed by atoms with E-state index >= 15 is 0 Å². The Morgan fingerprint density at radius 2 is 1.46 bits per heavy atom. The molecule has 4 nitrogen and oxygen atoms in total. The second-order valence-corrected chi connectivity index (χ2v) is 6.44. The molecule has 0 atom stereocenters. The Labute approximate surface area is 145 Å². The van der Waals surface area contributed by atoms with Crippen molar-refractivity contribution in [3.8, 4) is 0 Å². The number of hydrogen-bond acceptors (Lipinski definition) is 2. The first-order valence-corrected chi connectivity index (χ1v) is 8.30. The molecular formula is C19H18ClNO3. The van der Waals surface area contributed by atoms with Crippen LogP contribution in [0.2, 0.25) is 5.02 Å². The molecule has 1 N–H and O–H groups in total. The van der Waals surface area contributed by atoms with Crippen molar-refractivity contribution in [1.82, 2.24) is 4.90 Å². The van der Waals surface area contributed by atoms with Gasteiger partial charge in [0.2, 0.25) is 0 Å². The van der Waals surface area contributed by atoms with Gasteiger partial charge in [0.05, 0.1) is 5.56 Å². The molecule has 1 fully saturated rings. The van der Waals surface area contributed by atoms with E-state index in [0.29, 0.717) is 24.6 Å². The van der Waals surface area contributed by atoms with Gasteiger partial charge in [0.15, 0.2) is 0 Å². The smallest absolute Gasteiger partial charge is 0.335 e. The van der Waals surface area contributed by atoms with Crippen LogP contribution in [-0.4, -0.2) is 35.0 Å². The molecule has 0 radical (unpaired) electrons. The lowest BCUT2D eigenvalue weighted by Gasteiger charge is -2.32. The maximum atomic E-state index is 12.5. The van der Waals surface area contributed by atoms with E-state index in [1.807, 2.05) is 17.0 Å². The van der Waals surface area contributed by atoms with Crippen LogP contribution in [-0.2, 0) is 0 Å². The van der Waals surface area contributed by atoms with E-state index in [1.165, 1.54) is 17.7 Å². The quantitative estimate of drug-likeness (QED) is 0.914. The molecule has 1 aliphatic heterocycles. The van der Waals surface area contributed by atoms with Crippen LogP contribution in [0.15, 0.2) is 48.5 Å². The predicted molar refractivity (Wildman–Crippen MR) is 92.7 cm³/mol. The minimum Gasteiger partial charge on any atom is -0.478 e. The van der Waals surface area contributed by atoms with E-state index in [2.05, 4.69) is 12.1 Å². The number of likely N-dealkylation sites (tertiary alicyclic amines) is 1. The zero-order valence-corrected chi connectivity index (χ0v) is 13.9. The molecule has 124 valence electrons. The van der Waals surface area contributed by atoms with E-state index in [0.717, 1.165) is 17.9 Å². The summed E-state index contributed by atoms with van der Waals surface area (Å²) in [7, 11) is 0. The minimum absolute atomic E-state index is 0.0403. The highest BCUT2D eigenvalue weighted by molar-refractivity contribution is 6.30. The Morgan fingerprint density at radius 3 is 2.00 bits per heavy atom. The van der Waals surface area contributed by atoms with Crippen LogP contribution in [0.3, 0.4) is 0 Å². The Bertz CT molecular complexity index is 732. The summed E-state index contributed by atoms with van der Waals surface area (Å²) in [4.78, 5) is 25.2. The lowest BCUT2D eigenvalue weighted by molar-refractivity contribution is 0.0689. The summed E-state index contributed by atoms with van der Waals surface area (Å²) in [6.07, 6.45) is 1.83. The van der Waals surface area contributed by atoms with Crippen molar-refractivity contribution in [1.29, 1.82) is 0 Å². The highest BCUT2D eigenvalue weighted by atomic mass is 35.5. The molecule has 1 saturated heterocycles. The second-order valence-electron chi connectivity index (χ2n) is 6.00. The van der Waals surface area contributed by atoms with Crippen LogP contribution in [0.4, 0.5) is 0 Å².